The number of ether oxygens (including phenoxy) is 2. The smallest absolute Gasteiger partial charge is 0.255 e. The summed E-state index contributed by atoms with van der Waals surface area (Å²) in [4.78, 5) is 38.3. The molecule has 240 valence electrons. The Kier molecular flexibility index (Phi) is 9.10. The van der Waals surface area contributed by atoms with Crippen molar-refractivity contribution < 1.29 is 23.5 Å². The van der Waals surface area contributed by atoms with E-state index in [0.717, 1.165) is 43.6 Å². The number of carbonyl (C=O) groups is 2. The molecule has 0 radical (unpaired) electrons. The zero-order valence-corrected chi connectivity index (χ0v) is 26.4. The molecule has 0 unspecified atom stereocenters. The molecule has 1 aromatic carbocycles. The van der Waals surface area contributed by atoms with Crippen LogP contribution in [0.1, 0.15) is 47.8 Å². The van der Waals surface area contributed by atoms with Gasteiger partial charge >= 0.3 is 0 Å². The van der Waals surface area contributed by atoms with E-state index in [-0.39, 0.29) is 23.7 Å². The summed E-state index contributed by atoms with van der Waals surface area (Å²) in [5.41, 5.74) is 3.43. The topological polar surface area (TPSA) is 112 Å². The average Bonchev–Trinajstić information content (AvgIpc) is 3.78. The lowest BCUT2D eigenvalue weighted by molar-refractivity contribution is -0.128. The SMILES string of the molecule is COc1c(F)cccc1Nc1c(-c2ccncc2C#C[C@@]2(C)CCCN2C(=O)/C=C/CN2CC[C@H](OC)C2)[nH]c2c1C(=O)NCC2. The summed E-state index contributed by atoms with van der Waals surface area (Å²) < 4.78 is 25.4. The van der Waals surface area contributed by atoms with Gasteiger partial charge in [-0.3, -0.25) is 19.5 Å². The second kappa shape index (κ2) is 13.4. The van der Waals surface area contributed by atoms with Crippen LogP contribution in [0.2, 0.25) is 0 Å². The van der Waals surface area contributed by atoms with Crippen molar-refractivity contribution in [2.45, 2.75) is 44.2 Å². The molecule has 6 rings (SSSR count). The maximum Gasteiger partial charge on any atom is 0.255 e. The highest BCUT2D eigenvalue weighted by atomic mass is 19.1. The lowest BCUT2D eigenvalue weighted by atomic mass is 9.97. The number of rotatable bonds is 8. The van der Waals surface area contributed by atoms with E-state index in [0.29, 0.717) is 54.3 Å². The molecular weight excluding hydrogens is 587 g/mol. The van der Waals surface area contributed by atoms with E-state index in [9.17, 15) is 14.0 Å². The number of methoxy groups -OCH3 is 2. The fourth-order valence-electron chi connectivity index (χ4n) is 6.56. The number of carbonyl (C=O) groups excluding carboxylic acids is 2. The number of hydrogen-bond acceptors (Lipinski definition) is 7. The predicted octanol–water partition coefficient (Wildman–Crippen LogP) is 4.26. The minimum absolute atomic E-state index is 0.0435. The summed E-state index contributed by atoms with van der Waals surface area (Å²) in [5.74, 6) is 5.96. The number of aromatic nitrogens is 2. The molecule has 2 aromatic heterocycles. The number of amides is 2. The first-order valence-corrected chi connectivity index (χ1v) is 15.6. The number of likely N-dealkylation sites (tertiary alicyclic amines) is 2. The summed E-state index contributed by atoms with van der Waals surface area (Å²) in [7, 11) is 3.14. The largest absolute Gasteiger partial charge is 0.492 e. The number of halogens is 1. The van der Waals surface area contributed by atoms with Gasteiger partial charge in [0.1, 0.15) is 5.54 Å². The van der Waals surface area contributed by atoms with Crippen molar-refractivity contribution in [1.82, 2.24) is 25.1 Å². The predicted molar refractivity (Wildman–Crippen MR) is 174 cm³/mol. The maximum atomic E-state index is 14.6. The summed E-state index contributed by atoms with van der Waals surface area (Å²) >= 11 is 0. The van der Waals surface area contributed by atoms with Crippen LogP contribution in [0, 0.1) is 17.7 Å². The number of pyridine rings is 1. The molecule has 2 amide bonds. The van der Waals surface area contributed by atoms with Crippen LogP contribution in [0.25, 0.3) is 11.3 Å². The molecule has 0 aliphatic carbocycles. The molecule has 46 heavy (non-hydrogen) atoms. The first kappa shape index (κ1) is 31.3. The van der Waals surface area contributed by atoms with Gasteiger partial charge in [0.15, 0.2) is 11.6 Å². The summed E-state index contributed by atoms with van der Waals surface area (Å²) in [6.45, 7) is 5.66. The highest BCUT2D eigenvalue weighted by molar-refractivity contribution is 6.06. The van der Waals surface area contributed by atoms with Gasteiger partial charge in [-0.2, -0.15) is 0 Å². The fraction of sp³-hybridized carbons (Fsp3) is 0.400. The van der Waals surface area contributed by atoms with Gasteiger partial charge in [0, 0.05) is 76.0 Å². The van der Waals surface area contributed by atoms with Gasteiger partial charge in [-0.15, -0.1) is 0 Å². The monoisotopic (exact) mass is 626 g/mol. The zero-order chi connectivity index (χ0) is 32.3. The Morgan fingerprint density at radius 2 is 2.15 bits per heavy atom. The number of anilines is 2. The Bertz CT molecular complexity index is 1730. The van der Waals surface area contributed by atoms with Crippen LogP contribution in [-0.2, 0) is 16.0 Å². The van der Waals surface area contributed by atoms with Gasteiger partial charge in [0.25, 0.3) is 5.91 Å². The molecule has 0 bridgehead atoms. The number of nitrogens with zero attached hydrogens (tertiary/aromatic N) is 3. The summed E-state index contributed by atoms with van der Waals surface area (Å²) in [6, 6.07) is 6.43. The molecule has 3 aliphatic rings. The van der Waals surface area contributed by atoms with E-state index >= 15 is 0 Å². The third-order valence-electron chi connectivity index (χ3n) is 9.05. The molecule has 3 aromatic rings. The Labute approximate surface area is 268 Å². The maximum absolute atomic E-state index is 14.6. The highest BCUT2D eigenvalue weighted by Crippen LogP contribution is 2.40. The number of benzene rings is 1. The van der Waals surface area contributed by atoms with E-state index in [1.165, 1.54) is 13.2 Å². The molecule has 0 saturated carbocycles. The standard InChI is InChI=1S/C35H39FN6O4/c1-35(14-6-19-42(35)29(43)9-5-18-41-20-13-24(22-41)45-2)15-10-23-21-37-16-11-25(23)31-32(30-27(39-31)12-17-38-34(30)44)40-28-8-4-7-26(36)33(28)46-3/h4-5,7-9,11,16,21,24,39-40H,6,12-14,17-20,22H2,1-3H3,(H,38,44)/b9-5+/t24-,35+/m0/s1. The minimum Gasteiger partial charge on any atom is -0.492 e. The van der Waals surface area contributed by atoms with Crippen LogP contribution in [0.3, 0.4) is 0 Å². The van der Waals surface area contributed by atoms with Crippen molar-refractivity contribution in [1.29, 1.82) is 0 Å². The Balaban J connectivity index is 1.30. The van der Waals surface area contributed by atoms with Crippen LogP contribution in [0.4, 0.5) is 15.8 Å². The number of H-pyrrole nitrogens is 1. The van der Waals surface area contributed by atoms with E-state index in [4.69, 9.17) is 9.47 Å². The average molecular weight is 627 g/mol. The Hall–Kier alpha value is -4.66. The normalized spacial score (nSPS) is 21.2. The van der Waals surface area contributed by atoms with Crippen LogP contribution >= 0.6 is 0 Å². The number of para-hydroxylation sites is 1. The van der Waals surface area contributed by atoms with Crippen molar-refractivity contribution in [2.24, 2.45) is 0 Å². The van der Waals surface area contributed by atoms with E-state index < -0.39 is 11.4 Å². The first-order chi connectivity index (χ1) is 22.3. The number of fused-ring (bicyclic) bond motifs is 1. The Morgan fingerprint density at radius 3 is 2.96 bits per heavy atom. The molecule has 5 heterocycles. The number of nitrogens with one attached hydrogen (secondary N) is 3. The van der Waals surface area contributed by atoms with Crippen molar-refractivity contribution in [3.05, 3.63) is 71.4 Å². The van der Waals surface area contributed by atoms with Gasteiger partial charge in [-0.25, -0.2) is 4.39 Å². The molecule has 3 N–H and O–H groups in total. The van der Waals surface area contributed by atoms with Crippen molar-refractivity contribution >= 4 is 23.2 Å². The third-order valence-corrected chi connectivity index (χ3v) is 9.05. The van der Waals surface area contributed by atoms with E-state index in [2.05, 4.69) is 37.3 Å². The number of aromatic amines is 1. The van der Waals surface area contributed by atoms with E-state index in [1.54, 1.807) is 37.7 Å². The lowest BCUT2D eigenvalue weighted by Crippen LogP contribution is -2.43. The zero-order valence-electron chi connectivity index (χ0n) is 26.4. The minimum atomic E-state index is -0.659. The second-order valence-electron chi connectivity index (χ2n) is 12.0. The van der Waals surface area contributed by atoms with Crippen LogP contribution in [-0.4, -0.2) is 90.2 Å². The molecule has 2 saturated heterocycles. The van der Waals surface area contributed by atoms with Crippen LogP contribution in [0.15, 0.2) is 48.8 Å². The van der Waals surface area contributed by atoms with Crippen LogP contribution in [0.5, 0.6) is 5.75 Å². The fourth-order valence-corrected chi connectivity index (χ4v) is 6.56. The second-order valence-corrected chi connectivity index (χ2v) is 12.0. The molecule has 2 atom stereocenters. The molecule has 2 fully saturated rings. The lowest BCUT2D eigenvalue weighted by Gasteiger charge is -2.29. The van der Waals surface area contributed by atoms with Gasteiger partial charge in [0.05, 0.1) is 41.4 Å². The Morgan fingerprint density at radius 1 is 1.28 bits per heavy atom. The van der Waals surface area contributed by atoms with Gasteiger partial charge in [-0.1, -0.05) is 24.0 Å². The number of hydrogen-bond donors (Lipinski definition) is 3. The molecule has 10 nitrogen and oxygen atoms in total. The van der Waals surface area contributed by atoms with Crippen molar-refractivity contribution in [2.75, 3.05) is 52.3 Å². The molecule has 0 spiro atoms. The van der Waals surface area contributed by atoms with E-state index in [1.807, 2.05) is 24.0 Å². The van der Waals surface area contributed by atoms with Crippen molar-refractivity contribution in [3.63, 3.8) is 0 Å². The van der Waals surface area contributed by atoms with Gasteiger partial charge in [0.2, 0.25) is 5.91 Å². The third kappa shape index (κ3) is 6.23. The molecular formula is C35H39FN6O4. The van der Waals surface area contributed by atoms with Crippen LogP contribution < -0.4 is 15.4 Å². The summed E-state index contributed by atoms with van der Waals surface area (Å²) in [5, 5.41) is 6.18. The van der Waals surface area contributed by atoms with Gasteiger partial charge < -0.3 is 30.0 Å². The van der Waals surface area contributed by atoms with Crippen molar-refractivity contribution in [3.8, 4) is 28.8 Å². The van der Waals surface area contributed by atoms with Gasteiger partial charge in [-0.05, 0) is 44.4 Å². The molecule has 3 aliphatic heterocycles. The highest BCUT2D eigenvalue weighted by Gasteiger charge is 2.37. The first-order valence-electron chi connectivity index (χ1n) is 15.6. The quantitative estimate of drug-likeness (QED) is 0.253. The molecule has 11 heteroatoms. The summed E-state index contributed by atoms with van der Waals surface area (Å²) in [6.07, 6.45) is 10.4.